The Kier molecular flexibility index (Phi) is 9.34. The first-order valence-electron chi connectivity index (χ1n) is 13.6. The van der Waals surface area contributed by atoms with Gasteiger partial charge < -0.3 is 19.2 Å². The maximum Gasteiger partial charge on any atom is 0.277 e. The number of likely N-dealkylation sites (N-methyl/N-ethyl adjacent to an activating group) is 1. The Balaban J connectivity index is 1.71. The summed E-state index contributed by atoms with van der Waals surface area (Å²) >= 11 is 0. The Morgan fingerprint density at radius 3 is 2.39 bits per heavy atom. The Morgan fingerprint density at radius 2 is 1.71 bits per heavy atom. The lowest BCUT2D eigenvalue weighted by atomic mass is 10.1. The SMILES string of the molecule is CCCOc1ccc(S(=O)(=O)N(C)CCc2ccc(OC)c(OC)c2)cc1-c1nn2c(CCC)nc(C)c2c(=O)[nH]1. The van der Waals surface area contributed by atoms with Gasteiger partial charge in [-0.1, -0.05) is 19.9 Å². The monoisotopic (exact) mass is 583 g/mol. The summed E-state index contributed by atoms with van der Waals surface area (Å²) in [7, 11) is 0.770. The fourth-order valence-corrected chi connectivity index (χ4v) is 5.76. The standard InChI is InChI=1S/C29H37N5O6S/c1-7-9-26-30-19(3)27-29(35)31-28(32-34(26)27)22-18-21(11-13-23(22)40-16-8-2)41(36,37)33(4)15-14-20-10-12-24(38-5)25(17-20)39-6/h10-13,17-18H,7-9,14-16H2,1-6H3,(H,31,32,35). The molecule has 0 radical (unpaired) electrons. The van der Waals surface area contributed by atoms with Crippen LogP contribution in [0.2, 0.25) is 0 Å². The number of hydrogen-bond acceptors (Lipinski definition) is 8. The van der Waals surface area contributed by atoms with Gasteiger partial charge >= 0.3 is 0 Å². The number of hydrogen-bond donors (Lipinski definition) is 1. The Hall–Kier alpha value is -3.90. The number of aromatic amines is 1. The van der Waals surface area contributed by atoms with Crippen LogP contribution in [0.25, 0.3) is 16.9 Å². The number of aryl methyl sites for hydroxylation is 2. The average molecular weight is 584 g/mol. The normalized spacial score (nSPS) is 11.8. The molecule has 0 saturated carbocycles. The molecule has 4 rings (SSSR count). The number of aromatic nitrogens is 4. The molecule has 2 heterocycles. The predicted octanol–water partition coefficient (Wildman–Crippen LogP) is 4.01. The lowest BCUT2D eigenvalue weighted by Gasteiger charge is -2.19. The van der Waals surface area contributed by atoms with Crippen LogP contribution in [0.15, 0.2) is 46.1 Å². The zero-order chi connectivity index (χ0) is 29.7. The van der Waals surface area contributed by atoms with Crippen LogP contribution in [-0.4, -0.2) is 66.7 Å². The minimum Gasteiger partial charge on any atom is -0.493 e. The van der Waals surface area contributed by atoms with Crippen molar-refractivity contribution >= 4 is 15.5 Å². The van der Waals surface area contributed by atoms with Gasteiger partial charge in [-0.15, -0.1) is 5.10 Å². The first kappa shape index (κ1) is 30.1. The molecule has 2 aromatic carbocycles. The molecule has 0 unspecified atom stereocenters. The largest absolute Gasteiger partial charge is 0.493 e. The molecule has 11 nitrogen and oxygen atoms in total. The van der Waals surface area contributed by atoms with E-state index in [4.69, 9.17) is 14.2 Å². The molecular weight excluding hydrogens is 546 g/mol. The summed E-state index contributed by atoms with van der Waals surface area (Å²) in [4.78, 5) is 20.5. The van der Waals surface area contributed by atoms with E-state index in [2.05, 4.69) is 15.1 Å². The van der Waals surface area contributed by atoms with E-state index in [1.54, 1.807) is 37.8 Å². The summed E-state index contributed by atoms with van der Waals surface area (Å²) in [5, 5.41) is 4.68. The third-order valence-corrected chi connectivity index (χ3v) is 8.61. The summed E-state index contributed by atoms with van der Waals surface area (Å²) in [5.74, 6) is 2.48. The van der Waals surface area contributed by atoms with Gasteiger partial charge in [0.25, 0.3) is 5.56 Å². The highest BCUT2D eigenvalue weighted by atomic mass is 32.2. The van der Waals surface area contributed by atoms with Crippen molar-refractivity contribution < 1.29 is 22.6 Å². The molecule has 0 aliphatic rings. The summed E-state index contributed by atoms with van der Waals surface area (Å²) in [6, 6.07) is 10.1. The summed E-state index contributed by atoms with van der Waals surface area (Å²) in [5.41, 5.74) is 1.88. The molecule has 0 fully saturated rings. The number of methoxy groups -OCH3 is 2. The van der Waals surface area contributed by atoms with Crippen molar-refractivity contribution in [3.8, 4) is 28.6 Å². The van der Waals surface area contributed by atoms with Crippen molar-refractivity contribution in [1.82, 2.24) is 23.9 Å². The van der Waals surface area contributed by atoms with Gasteiger partial charge in [-0.3, -0.25) is 4.79 Å². The number of nitrogens with zero attached hydrogens (tertiary/aromatic N) is 4. The minimum absolute atomic E-state index is 0.0597. The summed E-state index contributed by atoms with van der Waals surface area (Å²) in [6.45, 7) is 6.42. The highest BCUT2D eigenvalue weighted by Gasteiger charge is 2.24. The molecule has 0 atom stereocenters. The third-order valence-electron chi connectivity index (χ3n) is 6.76. The van der Waals surface area contributed by atoms with E-state index in [0.29, 0.717) is 59.3 Å². The maximum atomic E-state index is 13.6. The van der Waals surface area contributed by atoms with Crippen molar-refractivity contribution in [3.63, 3.8) is 0 Å². The van der Waals surface area contributed by atoms with E-state index in [1.807, 2.05) is 26.0 Å². The molecule has 12 heteroatoms. The molecule has 1 N–H and O–H groups in total. The Morgan fingerprint density at radius 1 is 0.976 bits per heavy atom. The quantitative estimate of drug-likeness (QED) is 0.250. The Labute approximate surface area is 240 Å². The van der Waals surface area contributed by atoms with Crippen LogP contribution in [0.4, 0.5) is 0 Å². The summed E-state index contributed by atoms with van der Waals surface area (Å²) < 4.78 is 46.7. The Bertz CT molecular complexity index is 1700. The van der Waals surface area contributed by atoms with Crippen LogP contribution in [0, 0.1) is 6.92 Å². The molecule has 0 saturated heterocycles. The highest BCUT2D eigenvalue weighted by Crippen LogP contribution is 2.32. The molecule has 41 heavy (non-hydrogen) atoms. The third kappa shape index (κ3) is 6.23. The molecule has 2 aromatic heterocycles. The fraction of sp³-hybridized carbons (Fsp3) is 0.414. The smallest absolute Gasteiger partial charge is 0.277 e. The van der Waals surface area contributed by atoms with E-state index >= 15 is 0 Å². The second-order valence-corrected chi connectivity index (χ2v) is 11.7. The van der Waals surface area contributed by atoms with Crippen LogP contribution < -0.4 is 19.8 Å². The van der Waals surface area contributed by atoms with Crippen molar-refractivity contribution in [2.75, 3.05) is 34.4 Å². The number of benzene rings is 2. The zero-order valence-corrected chi connectivity index (χ0v) is 25.2. The minimum atomic E-state index is -3.89. The van der Waals surface area contributed by atoms with Crippen LogP contribution >= 0.6 is 0 Å². The lowest BCUT2D eigenvalue weighted by Crippen LogP contribution is -2.29. The van der Waals surface area contributed by atoms with Gasteiger partial charge in [0.05, 0.1) is 37.0 Å². The van der Waals surface area contributed by atoms with Crippen molar-refractivity contribution in [2.24, 2.45) is 0 Å². The molecule has 0 aliphatic carbocycles. The van der Waals surface area contributed by atoms with E-state index in [1.165, 1.54) is 23.5 Å². The first-order chi connectivity index (χ1) is 19.6. The van der Waals surface area contributed by atoms with Crippen LogP contribution in [-0.2, 0) is 22.9 Å². The number of rotatable bonds is 13. The molecule has 220 valence electrons. The number of H-pyrrole nitrogens is 1. The van der Waals surface area contributed by atoms with E-state index in [-0.39, 0.29) is 22.8 Å². The van der Waals surface area contributed by atoms with Crippen molar-refractivity contribution in [2.45, 2.75) is 51.3 Å². The molecule has 0 spiro atoms. The molecule has 4 aromatic rings. The second kappa shape index (κ2) is 12.7. The van der Waals surface area contributed by atoms with Crippen LogP contribution in [0.3, 0.4) is 0 Å². The lowest BCUT2D eigenvalue weighted by molar-refractivity contribution is 0.318. The number of fused-ring (bicyclic) bond motifs is 1. The van der Waals surface area contributed by atoms with Gasteiger partial charge in [0.1, 0.15) is 11.6 Å². The van der Waals surface area contributed by atoms with Gasteiger partial charge in [-0.25, -0.2) is 22.2 Å². The number of imidazole rings is 1. The van der Waals surface area contributed by atoms with Gasteiger partial charge in [-0.05, 0) is 62.1 Å². The predicted molar refractivity (Wildman–Crippen MR) is 157 cm³/mol. The van der Waals surface area contributed by atoms with E-state index < -0.39 is 10.0 Å². The average Bonchev–Trinajstić information content (AvgIpc) is 3.29. The highest BCUT2D eigenvalue weighted by molar-refractivity contribution is 7.89. The topological polar surface area (TPSA) is 128 Å². The molecule has 0 bridgehead atoms. The number of ether oxygens (including phenoxy) is 3. The van der Waals surface area contributed by atoms with Gasteiger partial charge in [0, 0.05) is 20.0 Å². The van der Waals surface area contributed by atoms with Gasteiger partial charge in [-0.2, -0.15) is 0 Å². The summed E-state index contributed by atoms with van der Waals surface area (Å²) in [6.07, 6.45) is 2.69. The molecular formula is C29H37N5O6S. The van der Waals surface area contributed by atoms with Crippen molar-refractivity contribution in [1.29, 1.82) is 0 Å². The second-order valence-electron chi connectivity index (χ2n) is 9.70. The van der Waals surface area contributed by atoms with Gasteiger partial charge in [0.2, 0.25) is 10.0 Å². The van der Waals surface area contributed by atoms with Crippen LogP contribution in [0.1, 0.15) is 43.8 Å². The van der Waals surface area contributed by atoms with E-state index in [0.717, 1.165) is 18.4 Å². The number of nitrogens with one attached hydrogen (secondary N) is 1. The molecule has 0 aliphatic heterocycles. The number of sulfonamides is 1. The van der Waals surface area contributed by atoms with Crippen LogP contribution in [0.5, 0.6) is 17.2 Å². The molecule has 0 amide bonds. The first-order valence-corrected chi connectivity index (χ1v) is 15.0. The maximum absolute atomic E-state index is 13.6. The zero-order valence-electron chi connectivity index (χ0n) is 24.4. The fourth-order valence-electron chi connectivity index (χ4n) is 4.56. The van der Waals surface area contributed by atoms with Crippen molar-refractivity contribution in [3.05, 3.63) is 63.8 Å². The van der Waals surface area contributed by atoms with E-state index in [9.17, 15) is 13.2 Å². The van der Waals surface area contributed by atoms with Gasteiger partial charge in [0.15, 0.2) is 22.8 Å².